The van der Waals surface area contributed by atoms with Crippen LogP contribution in [-0.4, -0.2) is 8.42 Å². The zero-order valence-electron chi connectivity index (χ0n) is 6.27. The van der Waals surface area contributed by atoms with Crippen molar-refractivity contribution in [2.75, 3.05) is 0 Å². The summed E-state index contributed by atoms with van der Waals surface area (Å²) in [5.41, 5.74) is 0.647. The molecule has 0 N–H and O–H groups in total. The first-order valence-electron chi connectivity index (χ1n) is 3.29. The summed E-state index contributed by atoms with van der Waals surface area (Å²) in [7, 11) is -3.58. The van der Waals surface area contributed by atoms with Crippen LogP contribution in [0, 0.1) is 6.57 Å². The third kappa shape index (κ3) is 2.36. The first-order valence-corrected chi connectivity index (χ1v) is 4.90. The second kappa shape index (κ2) is 3.37. The van der Waals surface area contributed by atoms with E-state index in [0.717, 1.165) is 0 Å². The normalized spacial score (nSPS) is 10.6. The van der Waals surface area contributed by atoms with Crippen molar-refractivity contribution in [3.8, 4) is 0 Å². The molecule has 0 aromatic heterocycles. The fourth-order valence-corrected chi connectivity index (χ4v) is 1.50. The van der Waals surface area contributed by atoms with Gasteiger partial charge in [0.15, 0.2) is 0 Å². The topological polar surface area (TPSA) is 38.5 Å². The highest BCUT2D eigenvalue weighted by Crippen LogP contribution is 2.05. The van der Waals surface area contributed by atoms with Gasteiger partial charge in [-0.05, 0) is 5.56 Å². The predicted octanol–water partition coefficient (Wildman–Crippen LogP) is 1.44. The van der Waals surface area contributed by atoms with Gasteiger partial charge in [-0.15, -0.1) is 0 Å². The molecule has 0 bridgehead atoms. The Labute approximate surface area is 71.5 Å². The van der Waals surface area contributed by atoms with Crippen LogP contribution in [0.2, 0.25) is 0 Å². The van der Waals surface area contributed by atoms with Gasteiger partial charge < -0.3 is 0 Å². The van der Waals surface area contributed by atoms with Crippen LogP contribution < -0.4 is 0 Å². The Bertz CT molecular complexity index is 389. The van der Waals surface area contributed by atoms with E-state index >= 15 is 0 Å². The molecule has 12 heavy (non-hydrogen) atoms. The van der Waals surface area contributed by atoms with Crippen molar-refractivity contribution in [1.82, 2.24) is 0 Å². The molecule has 0 radical (unpaired) electrons. The number of hydrogen-bond acceptors (Lipinski definition) is 2. The molecule has 0 atom stereocenters. The first-order chi connectivity index (χ1) is 5.64. The van der Waals surface area contributed by atoms with Gasteiger partial charge in [0, 0.05) is 0 Å². The Morgan fingerprint density at radius 1 is 1.25 bits per heavy atom. The van der Waals surface area contributed by atoms with E-state index in [4.69, 9.17) is 6.57 Å². The highest BCUT2D eigenvalue weighted by atomic mass is 32.2. The largest absolute Gasteiger partial charge is 0.441 e. The van der Waals surface area contributed by atoms with Gasteiger partial charge in [0.25, 0.3) is 0 Å². The molecular formula is C8H7NO2S. The molecule has 0 spiro atoms. The van der Waals surface area contributed by atoms with E-state index in [1.807, 2.05) is 0 Å². The average molecular weight is 181 g/mol. The number of hydrogen-bond donors (Lipinski definition) is 0. The van der Waals surface area contributed by atoms with Crippen molar-refractivity contribution in [2.24, 2.45) is 0 Å². The highest BCUT2D eigenvalue weighted by molar-refractivity contribution is 7.92. The summed E-state index contributed by atoms with van der Waals surface area (Å²) in [5, 5.41) is 0. The van der Waals surface area contributed by atoms with Crippen LogP contribution >= 0.6 is 0 Å². The van der Waals surface area contributed by atoms with Crippen molar-refractivity contribution in [3.05, 3.63) is 46.7 Å². The Hall–Kier alpha value is -1.34. The third-order valence-electron chi connectivity index (χ3n) is 1.33. The Morgan fingerprint density at radius 2 is 1.83 bits per heavy atom. The molecule has 0 aliphatic carbocycles. The second-order valence-electron chi connectivity index (χ2n) is 2.30. The lowest BCUT2D eigenvalue weighted by atomic mass is 10.2. The molecule has 0 saturated heterocycles. The summed E-state index contributed by atoms with van der Waals surface area (Å²) in [6, 6.07) is 8.66. The van der Waals surface area contributed by atoms with Crippen LogP contribution in [0.3, 0.4) is 0 Å². The quantitative estimate of drug-likeness (QED) is 0.647. The van der Waals surface area contributed by atoms with Gasteiger partial charge in [-0.2, -0.15) is 12.7 Å². The first kappa shape index (κ1) is 8.75. The van der Waals surface area contributed by atoms with Crippen molar-refractivity contribution < 1.29 is 8.42 Å². The van der Waals surface area contributed by atoms with Gasteiger partial charge in [-0.1, -0.05) is 30.3 Å². The van der Waals surface area contributed by atoms with Crippen molar-refractivity contribution in [2.45, 2.75) is 5.75 Å². The maximum atomic E-state index is 10.8. The lowest BCUT2D eigenvalue weighted by molar-refractivity contribution is 0.603. The van der Waals surface area contributed by atoms with Crippen LogP contribution in [0.1, 0.15) is 5.56 Å². The fraction of sp³-hybridized carbons (Fsp3) is 0.125. The smallest absolute Gasteiger partial charge is 0.206 e. The average Bonchev–Trinajstić information content (AvgIpc) is 2.06. The molecule has 0 fully saturated rings. The molecule has 1 aromatic carbocycles. The molecule has 0 aliphatic rings. The molecule has 0 unspecified atom stereocenters. The number of benzene rings is 1. The maximum absolute atomic E-state index is 10.8. The van der Waals surface area contributed by atoms with Crippen LogP contribution in [0.4, 0.5) is 0 Å². The summed E-state index contributed by atoms with van der Waals surface area (Å²) in [5.74, 6) is -0.197. The molecule has 0 amide bonds. The lowest BCUT2D eigenvalue weighted by Crippen LogP contribution is -1.96. The summed E-state index contributed by atoms with van der Waals surface area (Å²) >= 11 is 0. The Balaban J connectivity index is 2.87. The molecule has 0 aliphatic heterocycles. The number of sulfonamides is 1. The van der Waals surface area contributed by atoms with E-state index in [2.05, 4.69) is 4.25 Å². The van der Waals surface area contributed by atoms with E-state index in [-0.39, 0.29) is 5.75 Å². The van der Waals surface area contributed by atoms with Crippen LogP contribution in [0.25, 0.3) is 4.25 Å². The molecule has 0 heterocycles. The molecule has 62 valence electrons. The molecule has 0 saturated carbocycles. The van der Waals surface area contributed by atoms with Crippen molar-refractivity contribution >= 4 is 10.0 Å². The van der Waals surface area contributed by atoms with Gasteiger partial charge in [0.05, 0.1) is 0 Å². The van der Waals surface area contributed by atoms with E-state index in [1.54, 1.807) is 30.3 Å². The third-order valence-corrected chi connectivity index (χ3v) is 2.31. The molecule has 1 aromatic rings. The Morgan fingerprint density at radius 3 is 2.33 bits per heavy atom. The number of rotatable bonds is 2. The van der Waals surface area contributed by atoms with Gasteiger partial charge in [-0.25, -0.2) is 6.57 Å². The minimum Gasteiger partial charge on any atom is -0.206 e. The SMILES string of the molecule is [C-]#[N+]S(=O)(=O)Cc1ccccc1. The van der Waals surface area contributed by atoms with Crippen molar-refractivity contribution in [1.29, 1.82) is 0 Å². The minimum absolute atomic E-state index is 0.197. The standard InChI is InChI=1S/C8H7NO2S/c1-9-12(10,11)7-8-5-3-2-4-6-8/h2-6H,7H2. The summed E-state index contributed by atoms with van der Waals surface area (Å²) in [6.45, 7) is 6.39. The minimum atomic E-state index is -3.58. The van der Waals surface area contributed by atoms with Crippen LogP contribution in [0.5, 0.6) is 0 Å². The van der Waals surface area contributed by atoms with Gasteiger partial charge in [0.1, 0.15) is 5.75 Å². The van der Waals surface area contributed by atoms with Crippen LogP contribution in [-0.2, 0) is 15.8 Å². The maximum Gasteiger partial charge on any atom is 0.441 e. The van der Waals surface area contributed by atoms with E-state index < -0.39 is 10.0 Å². The van der Waals surface area contributed by atoms with E-state index in [1.165, 1.54) is 0 Å². The highest BCUT2D eigenvalue weighted by Gasteiger charge is 2.13. The molecule has 4 heteroatoms. The van der Waals surface area contributed by atoms with Gasteiger partial charge >= 0.3 is 10.0 Å². The zero-order chi connectivity index (χ0) is 9.03. The zero-order valence-corrected chi connectivity index (χ0v) is 7.08. The lowest BCUT2D eigenvalue weighted by Gasteiger charge is -1.91. The van der Waals surface area contributed by atoms with Crippen molar-refractivity contribution in [3.63, 3.8) is 0 Å². The monoisotopic (exact) mass is 181 g/mol. The van der Waals surface area contributed by atoms with E-state index in [9.17, 15) is 8.42 Å². The summed E-state index contributed by atoms with van der Waals surface area (Å²) in [4.78, 5) is 0. The summed E-state index contributed by atoms with van der Waals surface area (Å²) < 4.78 is 24.2. The predicted molar refractivity (Wildman–Crippen MR) is 45.7 cm³/mol. The molecule has 1 rings (SSSR count). The van der Waals surface area contributed by atoms with Crippen LogP contribution in [0.15, 0.2) is 30.3 Å². The molecule has 3 nitrogen and oxygen atoms in total. The fourth-order valence-electron chi connectivity index (χ4n) is 0.817. The number of nitrogens with zero attached hydrogens (tertiary/aromatic N) is 1. The second-order valence-corrected chi connectivity index (χ2v) is 3.94. The van der Waals surface area contributed by atoms with Gasteiger partial charge in [-0.3, -0.25) is 0 Å². The summed E-state index contributed by atoms with van der Waals surface area (Å²) in [6.07, 6.45) is 0. The Kier molecular flexibility index (Phi) is 2.46. The van der Waals surface area contributed by atoms with E-state index in [0.29, 0.717) is 5.56 Å². The molecular weight excluding hydrogens is 174 g/mol. The van der Waals surface area contributed by atoms with Gasteiger partial charge in [0.2, 0.25) is 0 Å².